The predicted molar refractivity (Wildman–Crippen MR) is 194 cm³/mol. The van der Waals surface area contributed by atoms with Crippen molar-refractivity contribution in [3.05, 3.63) is 136 Å². The first-order chi connectivity index (χ1) is 25.0. The molecule has 0 N–H and O–H groups in total. The van der Waals surface area contributed by atoms with E-state index in [1.54, 1.807) is 28.8 Å². The highest BCUT2D eigenvalue weighted by Gasteiger charge is 2.32. The number of pyridine rings is 1. The molecule has 7 rings (SSSR count). The molecule has 2 heterocycles. The Hall–Kier alpha value is -4.48. The fourth-order valence-corrected chi connectivity index (χ4v) is 8.01. The molecular weight excluding hydrogens is 694 g/mol. The molecule has 5 nitrogen and oxygen atoms in total. The number of para-hydroxylation sites is 1. The summed E-state index contributed by atoms with van der Waals surface area (Å²) in [6.45, 7) is 3.12. The molecule has 0 radical (unpaired) electrons. The Kier molecular flexibility index (Phi) is 10.5. The number of aromatic nitrogens is 1. The number of amides is 1. The van der Waals surface area contributed by atoms with Gasteiger partial charge in [0.1, 0.15) is 6.54 Å². The molecule has 5 aromatic rings. The van der Waals surface area contributed by atoms with Gasteiger partial charge in [0.05, 0.1) is 16.1 Å². The van der Waals surface area contributed by atoms with Gasteiger partial charge in [0.15, 0.2) is 17.1 Å². The Balaban J connectivity index is 1.16. The van der Waals surface area contributed by atoms with Crippen molar-refractivity contribution in [1.82, 2.24) is 14.4 Å². The highest BCUT2D eigenvalue weighted by atomic mass is 32.2. The zero-order chi connectivity index (χ0) is 36.4. The van der Waals surface area contributed by atoms with Crippen molar-refractivity contribution in [1.29, 1.82) is 0 Å². The number of hydrogen-bond acceptors (Lipinski definition) is 4. The molecule has 1 saturated heterocycles. The number of nitrogens with zero attached hydrogens (tertiary/aromatic N) is 3. The minimum Gasteiger partial charge on any atom is -0.334 e. The van der Waals surface area contributed by atoms with E-state index in [0.717, 1.165) is 67.7 Å². The number of fused-ring (bicyclic) bond motifs is 1. The van der Waals surface area contributed by atoms with Gasteiger partial charge in [-0.15, -0.1) is 11.8 Å². The van der Waals surface area contributed by atoms with Crippen molar-refractivity contribution < 1.29 is 26.7 Å². The quantitative estimate of drug-likeness (QED) is 0.100. The Labute approximate surface area is 303 Å². The molecule has 1 aromatic heterocycles. The van der Waals surface area contributed by atoms with Crippen LogP contribution >= 0.6 is 11.8 Å². The van der Waals surface area contributed by atoms with E-state index in [1.807, 2.05) is 29.2 Å². The van der Waals surface area contributed by atoms with Crippen molar-refractivity contribution in [2.24, 2.45) is 5.92 Å². The molecule has 11 heteroatoms. The summed E-state index contributed by atoms with van der Waals surface area (Å²) < 4.78 is 69.7. The van der Waals surface area contributed by atoms with Gasteiger partial charge in [0.2, 0.25) is 5.91 Å². The minimum atomic E-state index is -4.41. The smallest absolute Gasteiger partial charge is 0.334 e. The second-order valence-corrected chi connectivity index (χ2v) is 14.7. The summed E-state index contributed by atoms with van der Waals surface area (Å²) in [4.78, 5) is 32.1. The summed E-state index contributed by atoms with van der Waals surface area (Å²) in [6, 6.07) is 25.1. The number of likely N-dealkylation sites (tertiary alicyclic amines) is 1. The van der Waals surface area contributed by atoms with E-state index >= 15 is 0 Å². The monoisotopic (exact) mass is 731 g/mol. The molecule has 2 aliphatic rings. The molecule has 1 aliphatic heterocycles. The maximum Gasteiger partial charge on any atom is 0.416 e. The molecule has 1 amide bonds. The zero-order valence-corrected chi connectivity index (χ0v) is 29.2. The molecule has 52 heavy (non-hydrogen) atoms. The number of thioether (sulfide) groups is 1. The number of alkyl halides is 3. The Morgan fingerprint density at radius 3 is 2.17 bits per heavy atom. The number of benzene rings is 4. The van der Waals surface area contributed by atoms with Gasteiger partial charge in [0, 0.05) is 55.0 Å². The third kappa shape index (κ3) is 8.26. The van der Waals surface area contributed by atoms with Crippen LogP contribution in [0.1, 0.15) is 42.4 Å². The van der Waals surface area contributed by atoms with Crippen LogP contribution in [0.15, 0.2) is 107 Å². The van der Waals surface area contributed by atoms with E-state index in [9.17, 15) is 31.5 Å². The van der Waals surface area contributed by atoms with Crippen LogP contribution < -0.4 is 5.43 Å². The highest BCUT2D eigenvalue weighted by Crippen LogP contribution is 2.33. The number of hydrogen-bond donors (Lipinski definition) is 0. The number of halogens is 5. The normalized spacial score (nSPS) is 15.6. The van der Waals surface area contributed by atoms with Crippen molar-refractivity contribution >= 4 is 28.6 Å². The molecule has 2 fully saturated rings. The van der Waals surface area contributed by atoms with E-state index in [2.05, 4.69) is 4.90 Å². The average Bonchev–Trinajstić information content (AvgIpc) is 3.97. The topological polar surface area (TPSA) is 45.6 Å². The first kappa shape index (κ1) is 35.9. The van der Waals surface area contributed by atoms with Gasteiger partial charge in [-0.25, -0.2) is 8.78 Å². The Morgan fingerprint density at radius 1 is 0.827 bits per heavy atom. The molecule has 4 aromatic carbocycles. The minimum absolute atomic E-state index is 0.0271. The van der Waals surface area contributed by atoms with Gasteiger partial charge in [-0.2, -0.15) is 13.2 Å². The summed E-state index contributed by atoms with van der Waals surface area (Å²) in [5.41, 5.74) is 2.10. The Morgan fingerprint density at radius 2 is 1.50 bits per heavy atom. The SMILES string of the molecule is O=C(Cn1c(SCc2cccc(F)c2F)cc(=O)c2ccccc21)N(Cc1ccc(-c2ccc(C(F)(F)F)cc2)cc1)C1CCN(CC2CC2)CC1. The standard InChI is InChI=1S/C41H38F5N3O2S/c42-35-6-3-4-31(40(35)43)26-52-39-22-37(50)34-5-1-2-7-36(34)49(39)25-38(51)48(33-18-20-47(21-19-33)23-27-8-9-27)24-28-10-12-29(13-11-28)30-14-16-32(17-15-30)41(44,45)46/h1-7,10-17,22,27,33H,8-9,18-21,23-26H2. The van der Waals surface area contributed by atoms with Crippen molar-refractivity contribution in [2.45, 2.75) is 61.8 Å². The lowest BCUT2D eigenvalue weighted by molar-refractivity contribution is -0.137. The van der Waals surface area contributed by atoms with Crippen LogP contribution in [0, 0.1) is 17.6 Å². The van der Waals surface area contributed by atoms with Gasteiger partial charge in [-0.1, -0.05) is 60.7 Å². The third-order valence-electron chi connectivity index (χ3n) is 10.1. The van der Waals surface area contributed by atoms with E-state index in [1.165, 1.54) is 54.9 Å². The molecule has 1 aliphatic carbocycles. The lowest BCUT2D eigenvalue weighted by Crippen LogP contribution is -2.48. The van der Waals surface area contributed by atoms with Gasteiger partial charge in [-0.05, 0) is 78.6 Å². The van der Waals surface area contributed by atoms with Crippen LogP contribution in [0.2, 0.25) is 0 Å². The molecule has 0 unspecified atom stereocenters. The zero-order valence-electron chi connectivity index (χ0n) is 28.4. The lowest BCUT2D eigenvalue weighted by Gasteiger charge is -2.39. The second kappa shape index (κ2) is 15.2. The maximum atomic E-state index is 14.6. The average molecular weight is 732 g/mol. The van der Waals surface area contributed by atoms with Crippen LogP contribution in [0.3, 0.4) is 0 Å². The predicted octanol–water partition coefficient (Wildman–Crippen LogP) is 9.16. The third-order valence-corrected chi connectivity index (χ3v) is 11.2. The molecule has 0 atom stereocenters. The van der Waals surface area contributed by atoms with E-state index < -0.39 is 23.4 Å². The van der Waals surface area contributed by atoms with Crippen LogP contribution in [0.25, 0.3) is 22.0 Å². The first-order valence-electron chi connectivity index (χ1n) is 17.5. The maximum absolute atomic E-state index is 14.6. The molecule has 1 saturated carbocycles. The fourth-order valence-electron chi connectivity index (χ4n) is 6.98. The molecule has 0 bridgehead atoms. The molecule has 0 spiro atoms. The molecular formula is C41H38F5N3O2S. The summed E-state index contributed by atoms with van der Waals surface area (Å²) >= 11 is 1.18. The number of carbonyl (C=O) groups excluding carboxylic acids is 1. The lowest BCUT2D eigenvalue weighted by atomic mass is 10.00. The number of piperidine rings is 1. The van der Waals surface area contributed by atoms with Gasteiger partial charge < -0.3 is 14.4 Å². The van der Waals surface area contributed by atoms with Gasteiger partial charge in [0.25, 0.3) is 0 Å². The van der Waals surface area contributed by atoms with Gasteiger partial charge >= 0.3 is 6.18 Å². The van der Waals surface area contributed by atoms with Crippen LogP contribution in [-0.4, -0.2) is 46.0 Å². The van der Waals surface area contributed by atoms with Crippen LogP contribution in [-0.2, 0) is 29.8 Å². The van der Waals surface area contributed by atoms with E-state index in [4.69, 9.17) is 0 Å². The van der Waals surface area contributed by atoms with Crippen molar-refractivity contribution in [3.63, 3.8) is 0 Å². The van der Waals surface area contributed by atoms with Gasteiger partial charge in [-0.3, -0.25) is 9.59 Å². The van der Waals surface area contributed by atoms with Crippen molar-refractivity contribution in [3.8, 4) is 11.1 Å². The van der Waals surface area contributed by atoms with E-state index in [-0.39, 0.29) is 35.2 Å². The highest BCUT2D eigenvalue weighted by molar-refractivity contribution is 7.98. The largest absolute Gasteiger partial charge is 0.416 e. The number of rotatable bonds is 11. The van der Waals surface area contributed by atoms with Crippen LogP contribution in [0.4, 0.5) is 22.0 Å². The summed E-state index contributed by atoms with van der Waals surface area (Å²) in [6.07, 6.45) is -0.243. The second-order valence-electron chi connectivity index (χ2n) is 13.7. The van der Waals surface area contributed by atoms with E-state index in [0.29, 0.717) is 28.0 Å². The number of carbonyl (C=O) groups is 1. The fraction of sp³-hybridized carbons (Fsp3) is 0.317. The first-order valence-corrected chi connectivity index (χ1v) is 18.5. The Bertz CT molecular complexity index is 2110. The summed E-state index contributed by atoms with van der Waals surface area (Å²) in [5.74, 6) is -1.20. The molecule has 270 valence electrons. The van der Waals surface area contributed by atoms with Crippen LogP contribution in [0.5, 0.6) is 0 Å². The summed E-state index contributed by atoms with van der Waals surface area (Å²) in [5, 5.41) is 0.927. The summed E-state index contributed by atoms with van der Waals surface area (Å²) in [7, 11) is 0. The van der Waals surface area contributed by atoms with Crippen molar-refractivity contribution in [2.75, 3.05) is 19.6 Å².